The summed E-state index contributed by atoms with van der Waals surface area (Å²) < 4.78 is 12.3. The number of amides is 1. The second-order valence-electron chi connectivity index (χ2n) is 7.27. The van der Waals surface area contributed by atoms with Gasteiger partial charge < -0.3 is 19.4 Å². The minimum absolute atomic E-state index is 0.181. The maximum absolute atomic E-state index is 13.1. The molecule has 0 atom stereocenters. The highest BCUT2D eigenvalue weighted by Crippen LogP contribution is 2.32. The molecular weight excluding hydrogens is 370 g/mol. The number of hydrogen-bond acceptors (Lipinski definition) is 5. The fourth-order valence-electron chi connectivity index (χ4n) is 3.22. The zero-order chi connectivity index (χ0) is 21.1. The molecule has 7 nitrogen and oxygen atoms in total. The van der Waals surface area contributed by atoms with E-state index in [2.05, 4.69) is 10.3 Å². The predicted octanol–water partition coefficient (Wildman–Crippen LogP) is 3.63. The molecule has 0 aliphatic carbocycles. The molecule has 1 aromatic carbocycles. The Kier molecular flexibility index (Phi) is 5.87. The van der Waals surface area contributed by atoms with Crippen molar-refractivity contribution >= 4 is 22.5 Å². The van der Waals surface area contributed by atoms with Crippen molar-refractivity contribution in [2.45, 2.75) is 27.3 Å². The van der Waals surface area contributed by atoms with E-state index in [0.717, 1.165) is 5.69 Å². The van der Waals surface area contributed by atoms with Crippen LogP contribution in [0.15, 0.2) is 41.3 Å². The zero-order valence-corrected chi connectivity index (χ0v) is 17.3. The number of aromatic nitrogens is 2. The summed E-state index contributed by atoms with van der Waals surface area (Å²) in [6, 6.07) is 8.68. The van der Waals surface area contributed by atoms with Crippen molar-refractivity contribution < 1.29 is 14.3 Å². The molecule has 0 unspecified atom stereocenters. The van der Waals surface area contributed by atoms with Crippen LogP contribution in [0.4, 0.5) is 5.82 Å². The second-order valence-corrected chi connectivity index (χ2v) is 7.27. The monoisotopic (exact) mass is 395 g/mol. The summed E-state index contributed by atoms with van der Waals surface area (Å²) in [4.78, 5) is 30.5. The Morgan fingerprint density at radius 3 is 2.38 bits per heavy atom. The van der Waals surface area contributed by atoms with E-state index in [1.807, 2.05) is 32.9 Å². The molecule has 0 saturated carbocycles. The maximum atomic E-state index is 13.1. The summed E-state index contributed by atoms with van der Waals surface area (Å²) in [7, 11) is 3.02. The predicted molar refractivity (Wildman–Crippen MR) is 113 cm³/mol. The first-order valence-corrected chi connectivity index (χ1v) is 9.38. The first-order valence-electron chi connectivity index (χ1n) is 9.38. The normalized spacial score (nSPS) is 11.0. The zero-order valence-electron chi connectivity index (χ0n) is 17.3. The molecule has 7 heteroatoms. The van der Waals surface area contributed by atoms with Crippen LogP contribution in [0.5, 0.6) is 11.5 Å². The van der Waals surface area contributed by atoms with E-state index in [0.29, 0.717) is 40.2 Å². The van der Waals surface area contributed by atoms with Gasteiger partial charge in [0.15, 0.2) is 11.5 Å². The molecule has 0 radical (unpaired) electrons. The molecule has 0 aliphatic heterocycles. The van der Waals surface area contributed by atoms with Gasteiger partial charge in [0.25, 0.3) is 11.5 Å². The number of anilines is 1. The Labute approximate surface area is 169 Å². The number of methoxy groups -OCH3 is 2. The molecule has 0 fully saturated rings. The van der Waals surface area contributed by atoms with Gasteiger partial charge in [0.2, 0.25) is 0 Å². The molecule has 1 N–H and O–H groups in total. The van der Waals surface area contributed by atoms with Gasteiger partial charge >= 0.3 is 0 Å². The first kappa shape index (κ1) is 20.4. The Morgan fingerprint density at radius 2 is 1.79 bits per heavy atom. The average molecular weight is 395 g/mol. The SMILES string of the molecule is COc1cc2c(C(=O)Nc3cccc(C)n3)cn(CC(C)C)c(=O)c2cc1OC. The van der Waals surface area contributed by atoms with E-state index < -0.39 is 0 Å². The first-order chi connectivity index (χ1) is 13.8. The standard InChI is InChI=1S/C22H25N3O4/c1-13(2)11-25-12-17(21(26)24-20-8-6-7-14(3)23-20)15-9-18(28-4)19(29-5)10-16(15)22(25)27/h6-10,12-13H,11H2,1-5H3,(H,23,24,26). The summed E-state index contributed by atoms with van der Waals surface area (Å²) >= 11 is 0. The molecule has 3 rings (SSSR count). The number of nitrogens with one attached hydrogen (secondary N) is 1. The van der Waals surface area contributed by atoms with Crippen LogP contribution < -0.4 is 20.3 Å². The molecule has 1 amide bonds. The molecule has 152 valence electrons. The summed E-state index contributed by atoms with van der Waals surface area (Å²) in [5.41, 5.74) is 0.980. The van der Waals surface area contributed by atoms with Crippen molar-refractivity contribution in [3.63, 3.8) is 0 Å². The molecule has 3 aromatic rings. The molecule has 2 heterocycles. The lowest BCUT2D eigenvalue weighted by Crippen LogP contribution is -2.25. The van der Waals surface area contributed by atoms with Crippen LogP contribution in [0.3, 0.4) is 0 Å². The third-order valence-electron chi connectivity index (χ3n) is 4.53. The van der Waals surface area contributed by atoms with Crippen molar-refractivity contribution in [2.24, 2.45) is 5.92 Å². The summed E-state index contributed by atoms with van der Waals surface area (Å²) in [6.45, 7) is 6.38. The average Bonchev–Trinajstić information content (AvgIpc) is 2.68. The Balaban J connectivity index is 2.21. The van der Waals surface area contributed by atoms with Crippen molar-refractivity contribution in [1.82, 2.24) is 9.55 Å². The lowest BCUT2D eigenvalue weighted by Gasteiger charge is -2.16. The number of benzene rings is 1. The lowest BCUT2D eigenvalue weighted by atomic mass is 10.0. The number of nitrogens with zero attached hydrogens (tertiary/aromatic N) is 2. The molecule has 0 aliphatic rings. The van der Waals surface area contributed by atoms with E-state index in [4.69, 9.17) is 9.47 Å². The maximum Gasteiger partial charge on any atom is 0.258 e. The summed E-state index contributed by atoms with van der Waals surface area (Å²) in [5.74, 6) is 1.22. The fraction of sp³-hybridized carbons (Fsp3) is 0.318. The third kappa shape index (κ3) is 4.23. The van der Waals surface area contributed by atoms with Gasteiger partial charge in [-0.3, -0.25) is 9.59 Å². The lowest BCUT2D eigenvalue weighted by molar-refractivity contribution is 0.102. The number of aryl methyl sites for hydroxylation is 1. The van der Waals surface area contributed by atoms with E-state index in [-0.39, 0.29) is 17.4 Å². The van der Waals surface area contributed by atoms with E-state index in [1.54, 1.807) is 29.0 Å². The van der Waals surface area contributed by atoms with Gasteiger partial charge in [0.05, 0.1) is 25.2 Å². The van der Waals surface area contributed by atoms with Crippen LogP contribution in [-0.4, -0.2) is 29.7 Å². The minimum atomic E-state index is -0.349. The number of rotatable bonds is 6. The van der Waals surface area contributed by atoms with E-state index in [1.165, 1.54) is 14.2 Å². The van der Waals surface area contributed by atoms with Gasteiger partial charge in [-0.1, -0.05) is 19.9 Å². The summed E-state index contributed by atoms with van der Waals surface area (Å²) in [6.07, 6.45) is 1.60. The van der Waals surface area contributed by atoms with Crippen LogP contribution in [0.1, 0.15) is 29.9 Å². The number of carbonyl (C=O) groups is 1. The van der Waals surface area contributed by atoms with Gasteiger partial charge in [-0.25, -0.2) is 4.98 Å². The van der Waals surface area contributed by atoms with Gasteiger partial charge in [0.1, 0.15) is 5.82 Å². The van der Waals surface area contributed by atoms with Gasteiger partial charge in [-0.2, -0.15) is 0 Å². The minimum Gasteiger partial charge on any atom is -0.493 e. The van der Waals surface area contributed by atoms with Gasteiger partial charge in [-0.15, -0.1) is 0 Å². The van der Waals surface area contributed by atoms with E-state index >= 15 is 0 Å². The van der Waals surface area contributed by atoms with Gasteiger partial charge in [0, 0.05) is 23.8 Å². The molecule has 2 aromatic heterocycles. The number of ether oxygens (including phenoxy) is 2. The smallest absolute Gasteiger partial charge is 0.258 e. The number of hydrogen-bond donors (Lipinski definition) is 1. The highest BCUT2D eigenvalue weighted by atomic mass is 16.5. The fourth-order valence-corrected chi connectivity index (χ4v) is 3.22. The van der Waals surface area contributed by atoms with Gasteiger partial charge in [-0.05, 0) is 37.1 Å². The largest absolute Gasteiger partial charge is 0.493 e. The molecule has 29 heavy (non-hydrogen) atoms. The van der Waals surface area contributed by atoms with Crippen LogP contribution in [0, 0.1) is 12.8 Å². The highest BCUT2D eigenvalue weighted by molar-refractivity contribution is 6.12. The Bertz CT molecular complexity index is 1120. The quantitative estimate of drug-likeness (QED) is 0.689. The number of carbonyl (C=O) groups excluding carboxylic acids is 1. The Hall–Kier alpha value is -3.35. The topological polar surface area (TPSA) is 82.5 Å². The van der Waals surface area contributed by atoms with Crippen molar-refractivity contribution in [1.29, 1.82) is 0 Å². The van der Waals surface area contributed by atoms with Crippen molar-refractivity contribution in [2.75, 3.05) is 19.5 Å². The molecule has 0 bridgehead atoms. The molecule has 0 saturated heterocycles. The third-order valence-corrected chi connectivity index (χ3v) is 4.53. The Morgan fingerprint density at radius 1 is 1.14 bits per heavy atom. The van der Waals surface area contributed by atoms with Crippen molar-refractivity contribution in [3.05, 3.63) is 58.1 Å². The van der Waals surface area contributed by atoms with E-state index in [9.17, 15) is 9.59 Å². The van der Waals surface area contributed by atoms with Crippen molar-refractivity contribution in [3.8, 4) is 11.5 Å². The highest BCUT2D eigenvalue weighted by Gasteiger charge is 2.19. The van der Waals surface area contributed by atoms with Crippen LogP contribution in [-0.2, 0) is 6.54 Å². The van der Waals surface area contributed by atoms with Crippen LogP contribution in [0.2, 0.25) is 0 Å². The number of pyridine rings is 2. The molecular formula is C22H25N3O4. The van der Waals surface area contributed by atoms with Crippen LogP contribution >= 0.6 is 0 Å². The summed E-state index contributed by atoms with van der Waals surface area (Å²) in [5, 5.41) is 3.71. The van der Waals surface area contributed by atoms with Crippen LogP contribution in [0.25, 0.3) is 10.8 Å². The second kappa shape index (κ2) is 8.34. The molecule has 0 spiro atoms. The number of fused-ring (bicyclic) bond motifs is 1.